The van der Waals surface area contributed by atoms with Gasteiger partial charge < -0.3 is 20.3 Å². The van der Waals surface area contributed by atoms with Gasteiger partial charge in [0, 0.05) is 5.92 Å². The summed E-state index contributed by atoms with van der Waals surface area (Å²) in [5.41, 5.74) is 6.75. The molecule has 0 spiro atoms. The normalized spacial score (nSPS) is 27.3. The highest BCUT2D eigenvalue weighted by atomic mass is 32.2. The van der Waals surface area contributed by atoms with Gasteiger partial charge in [0.1, 0.15) is 0 Å². The summed E-state index contributed by atoms with van der Waals surface area (Å²) in [7, 11) is -3.67. The van der Waals surface area contributed by atoms with Gasteiger partial charge in [-0.2, -0.15) is 0 Å². The molecule has 1 fully saturated rings. The lowest BCUT2D eigenvalue weighted by atomic mass is 10.1. The quantitative estimate of drug-likeness (QED) is 0.853. The number of benzene rings is 2. The van der Waals surface area contributed by atoms with Crippen LogP contribution in [0.1, 0.15) is 17.0 Å². The summed E-state index contributed by atoms with van der Waals surface area (Å²) in [6.45, 7) is 1.62. The first-order valence-electron chi connectivity index (χ1n) is 7.98. The van der Waals surface area contributed by atoms with Crippen LogP contribution < -0.4 is 15.2 Å². The van der Waals surface area contributed by atoms with Gasteiger partial charge in [0.15, 0.2) is 21.3 Å². The molecule has 0 unspecified atom stereocenters. The maximum Gasteiger partial charge on any atom is 0.231 e. The average molecular weight is 361 g/mol. The lowest BCUT2D eigenvalue weighted by Crippen LogP contribution is -2.35. The van der Waals surface area contributed by atoms with E-state index in [1.165, 1.54) is 0 Å². The Kier molecular flexibility index (Phi) is 3.57. The van der Waals surface area contributed by atoms with Gasteiger partial charge in [0.05, 0.1) is 22.3 Å². The highest BCUT2D eigenvalue weighted by Gasteiger charge is 2.69. The van der Waals surface area contributed by atoms with E-state index < -0.39 is 33.2 Å². The van der Waals surface area contributed by atoms with E-state index in [9.17, 15) is 13.5 Å². The molecule has 25 heavy (non-hydrogen) atoms. The van der Waals surface area contributed by atoms with E-state index in [2.05, 4.69) is 0 Å². The van der Waals surface area contributed by atoms with Gasteiger partial charge in [-0.1, -0.05) is 23.8 Å². The highest BCUT2D eigenvalue weighted by molar-refractivity contribution is 7.92. The summed E-state index contributed by atoms with van der Waals surface area (Å²) in [4.78, 5) is 0.217. The Bertz CT molecular complexity index is 925. The molecule has 1 saturated carbocycles. The van der Waals surface area contributed by atoms with Gasteiger partial charge in [0.25, 0.3) is 0 Å². The minimum Gasteiger partial charge on any atom is -0.454 e. The van der Waals surface area contributed by atoms with Crippen molar-refractivity contribution < 1.29 is 23.0 Å². The molecule has 1 heterocycles. The van der Waals surface area contributed by atoms with Gasteiger partial charge >= 0.3 is 0 Å². The Morgan fingerprint density at radius 2 is 1.84 bits per heavy atom. The van der Waals surface area contributed by atoms with Crippen molar-refractivity contribution in [1.29, 1.82) is 0 Å². The third-order valence-corrected chi connectivity index (χ3v) is 7.32. The van der Waals surface area contributed by atoms with Crippen LogP contribution in [0.2, 0.25) is 0 Å². The van der Waals surface area contributed by atoms with Gasteiger partial charge in [-0.25, -0.2) is 8.42 Å². The monoisotopic (exact) mass is 361 g/mol. The number of fused-ring (bicyclic) bond motifs is 1. The molecule has 1 aliphatic carbocycles. The molecule has 132 valence electrons. The molecule has 0 amide bonds. The molecule has 3 atom stereocenters. The molecule has 3 N–H and O–H groups in total. The minimum absolute atomic E-state index is 0.141. The predicted octanol–water partition coefficient (Wildman–Crippen LogP) is 1.35. The fourth-order valence-corrected chi connectivity index (χ4v) is 5.84. The SMILES string of the molecule is Cc1ccc(S(=O)(=O)[C@@H]2[C@@H](c3ccc4c(c3)OCO4)[C@]2(N)CO)cc1. The van der Waals surface area contributed by atoms with Crippen LogP contribution in [0.3, 0.4) is 0 Å². The van der Waals surface area contributed by atoms with E-state index >= 15 is 0 Å². The van der Waals surface area contributed by atoms with Crippen LogP contribution in [0.5, 0.6) is 11.5 Å². The molecular weight excluding hydrogens is 342 g/mol. The highest BCUT2D eigenvalue weighted by Crippen LogP contribution is 2.56. The van der Waals surface area contributed by atoms with Gasteiger partial charge in [-0.05, 0) is 36.8 Å². The first kappa shape index (κ1) is 16.4. The zero-order valence-electron chi connectivity index (χ0n) is 13.7. The first-order valence-corrected chi connectivity index (χ1v) is 9.52. The molecule has 7 heteroatoms. The third kappa shape index (κ3) is 2.42. The Labute approximate surface area is 146 Å². The van der Waals surface area contributed by atoms with Gasteiger partial charge in [0.2, 0.25) is 6.79 Å². The lowest BCUT2D eigenvalue weighted by Gasteiger charge is -2.08. The topological polar surface area (TPSA) is 98.9 Å². The summed E-state index contributed by atoms with van der Waals surface area (Å²) in [5.74, 6) is 0.684. The second kappa shape index (κ2) is 5.45. The predicted molar refractivity (Wildman–Crippen MR) is 91.5 cm³/mol. The summed E-state index contributed by atoms with van der Waals surface area (Å²) in [6, 6.07) is 11.9. The average Bonchev–Trinajstić information content (AvgIpc) is 2.99. The van der Waals surface area contributed by atoms with Crippen LogP contribution in [0.25, 0.3) is 0 Å². The number of aliphatic hydroxyl groups excluding tert-OH is 1. The van der Waals surface area contributed by atoms with Crippen LogP contribution in [-0.4, -0.2) is 37.7 Å². The zero-order chi connectivity index (χ0) is 17.8. The Morgan fingerprint density at radius 1 is 1.16 bits per heavy atom. The largest absolute Gasteiger partial charge is 0.454 e. The van der Waals surface area contributed by atoms with Crippen molar-refractivity contribution in [3.63, 3.8) is 0 Å². The minimum atomic E-state index is -3.67. The smallest absolute Gasteiger partial charge is 0.231 e. The second-order valence-electron chi connectivity index (χ2n) is 6.64. The van der Waals surface area contributed by atoms with Crippen molar-refractivity contribution >= 4 is 9.84 Å². The van der Waals surface area contributed by atoms with Crippen molar-refractivity contribution in [2.75, 3.05) is 13.4 Å². The van der Waals surface area contributed by atoms with Gasteiger partial charge in [-0.15, -0.1) is 0 Å². The van der Waals surface area contributed by atoms with Crippen LogP contribution in [0.15, 0.2) is 47.4 Å². The molecule has 0 bridgehead atoms. The molecule has 2 aromatic carbocycles. The lowest BCUT2D eigenvalue weighted by molar-refractivity contribution is 0.174. The summed E-state index contributed by atoms with van der Waals surface area (Å²) in [6.07, 6.45) is 0. The molecule has 1 aliphatic heterocycles. The van der Waals surface area contributed by atoms with E-state index in [1.807, 2.05) is 6.92 Å². The van der Waals surface area contributed by atoms with E-state index in [4.69, 9.17) is 15.2 Å². The van der Waals surface area contributed by atoms with E-state index in [-0.39, 0.29) is 11.7 Å². The molecule has 0 saturated heterocycles. The number of aryl methyl sites for hydroxylation is 1. The number of aliphatic hydroxyl groups is 1. The molecule has 6 nitrogen and oxygen atoms in total. The fraction of sp³-hybridized carbons (Fsp3) is 0.333. The molecule has 0 radical (unpaired) electrons. The van der Waals surface area contributed by atoms with Crippen LogP contribution in [0, 0.1) is 6.92 Å². The third-order valence-electron chi connectivity index (χ3n) is 5.02. The van der Waals surface area contributed by atoms with Crippen molar-refractivity contribution in [2.24, 2.45) is 5.73 Å². The number of hydrogen-bond donors (Lipinski definition) is 2. The number of sulfone groups is 1. The molecule has 4 rings (SSSR count). The van der Waals surface area contributed by atoms with Crippen molar-refractivity contribution in [2.45, 2.75) is 28.5 Å². The number of hydrogen-bond acceptors (Lipinski definition) is 6. The fourth-order valence-electron chi connectivity index (χ4n) is 3.55. The van der Waals surface area contributed by atoms with E-state index in [0.29, 0.717) is 11.5 Å². The Hall–Kier alpha value is -2.09. The molecule has 0 aromatic heterocycles. The first-order chi connectivity index (χ1) is 11.9. The number of rotatable bonds is 4. The number of nitrogens with two attached hydrogens (primary N) is 1. The van der Waals surface area contributed by atoms with Crippen molar-refractivity contribution in [3.8, 4) is 11.5 Å². The van der Waals surface area contributed by atoms with Crippen LogP contribution in [0.4, 0.5) is 0 Å². The summed E-state index contributed by atoms with van der Waals surface area (Å²) >= 11 is 0. The Balaban J connectivity index is 1.73. The zero-order valence-corrected chi connectivity index (χ0v) is 14.5. The van der Waals surface area contributed by atoms with E-state index in [1.54, 1.807) is 42.5 Å². The maximum atomic E-state index is 13.1. The van der Waals surface area contributed by atoms with Gasteiger partial charge in [-0.3, -0.25) is 0 Å². The molecule has 2 aliphatic rings. The number of ether oxygens (including phenoxy) is 2. The molecule has 2 aromatic rings. The summed E-state index contributed by atoms with van der Waals surface area (Å²) in [5, 5.41) is 8.89. The van der Waals surface area contributed by atoms with Crippen LogP contribution >= 0.6 is 0 Å². The van der Waals surface area contributed by atoms with Crippen molar-refractivity contribution in [3.05, 3.63) is 53.6 Å². The second-order valence-corrected chi connectivity index (χ2v) is 8.71. The molecular formula is C18H19NO5S. The van der Waals surface area contributed by atoms with Crippen LogP contribution in [-0.2, 0) is 9.84 Å². The van der Waals surface area contributed by atoms with E-state index in [0.717, 1.165) is 11.1 Å². The summed E-state index contributed by atoms with van der Waals surface area (Å²) < 4.78 is 36.7. The maximum absolute atomic E-state index is 13.1. The Morgan fingerprint density at radius 3 is 2.52 bits per heavy atom. The standard InChI is InChI=1S/C18H19NO5S/c1-11-2-5-13(6-3-11)25(21,22)17-16(18(17,19)9-20)12-4-7-14-15(8-12)24-10-23-14/h2-8,16-17,20H,9-10,19H2,1H3/t16-,17-,18-/m1/s1. The van der Waals surface area contributed by atoms with Crippen molar-refractivity contribution in [1.82, 2.24) is 0 Å².